The Kier molecular flexibility index (Phi) is 8.38. The van der Waals surface area contributed by atoms with Gasteiger partial charge >= 0.3 is 0 Å². The van der Waals surface area contributed by atoms with Crippen molar-refractivity contribution in [2.45, 2.75) is 12.3 Å². The maximum atomic E-state index is 5.52. The monoisotopic (exact) mass is 894 g/mol. The van der Waals surface area contributed by atoms with E-state index in [0.29, 0.717) is 0 Å². The number of fused-ring (bicyclic) bond motifs is 12. The highest BCUT2D eigenvalue weighted by atomic mass is 15.1. The summed E-state index contributed by atoms with van der Waals surface area (Å²) >= 11 is 0. The first-order chi connectivity index (χ1) is 34.7. The van der Waals surface area contributed by atoms with Gasteiger partial charge < -0.3 is 9.13 Å². The van der Waals surface area contributed by atoms with Gasteiger partial charge in [-0.1, -0.05) is 146 Å². The minimum absolute atomic E-state index is 0.108. The summed E-state index contributed by atoms with van der Waals surface area (Å²) in [7, 11) is 0. The molecule has 6 aromatic heterocycles. The number of nitrogens with zero attached hydrogens (tertiary/aromatic N) is 6. The zero-order valence-corrected chi connectivity index (χ0v) is 38.0. The van der Waals surface area contributed by atoms with Gasteiger partial charge in [-0.25, -0.2) is 9.97 Å². The van der Waals surface area contributed by atoms with E-state index in [1.807, 2.05) is 0 Å². The lowest BCUT2D eigenvalue weighted by Crippen LogP contribution is -2.09. The van der Waals surface area contributed by atoms with Crippen LogP contribution in [0.25, 0.3) is 122 Å². The number of hydrogen-bond acceptors (Lipinski definition) is 2. The van der Waals surface area contributed by atoms with E-state index in [9.17, 15) is 0 Å². The molecule has 1 unspecified atom stereocenters. The van der Waals surface area contributed by atoms with Crippen molar-refractivity contribution in [2.75, 3.05) is 0 Å². The van der Waals surface area contributed by atoms with Crippen LogP contribution in [-0.2, 0) is 0 Å². The van der Waals surface area contributed by atoms with Crippen LogP contribution in [0.4, 0.5) is 0 Å². The van der Waals surface area contributed by atoms with Crippen LogP contribution in [0.5, 0.6) is 0 Å². The van der Waals surface area contributed by atoms with Crippen molar-refractivity contribution < 1.29 is 0 Å². The van der Waals surface area contributed by atoms with E-state index in [4.69, 9.17) is 9.97 Å². The van der Waals surface area contributed by atoms with Gasteiger partial charge in [0.15, 0.2) is 0 Å². The number of rotatable bonds is 6. The molecule has 0 saturated heterocycles. The second-order valence-electron chi connectivity index (χ2n) is 18.5. The minimum atomic E-state index is 0.108. The Balaban J connectivity index is 0.846. The van der Waals surface area contributed by atoms with E-state index >= 15 is 0 Å². The third kappa shape index (κ3) is 5.74. The summed E-state index contributed by atoms with van der Waals surface area (Å²) in [4.78, 5) is 11.0. The maximum absolute atomic E-state index is 5.52. The Labute approximate surface area is 402 Å². The molecule has 0 saturated carbocycles. The van der Waals surface area contributed by atoms with Crippen LogP contribution in [0, 0.1) is 0 Å². The fourth-order valence-electron chi connectivity index (χ4n) is 11.7. The number of pyridine rings is 2. The largest absolute Gasteiger partial charge is 0.313 e. The molecule has 6 heteroatoms. The summed E-state index contributed by atoms with van der Waals surface area (Å²) in [5.41, 5.74) is 14.7. The van der Waals surface area contributed by atoms with Crippen molar-refractivity contribution in [3.05, 3.63) is 242 Å². The van der Waals surface area contributed by atoms with Gasteiger partial charge in [0.05, 0.1) is 55.5 Å². The summed E-state index contributed by atoms with van der Waals surface area (Å²) in [5, 5.41) is 9.74. The quantitative estimate of drug-likeness (QED) is 0.167. The van der Waals surface area contributed by atoms with Gasteiger partial charge in [0.2, 0.25) is 0 Å². The molecular weight excluding hydrogens is 853 g/mol. The Morgan fingerprint density at radius 3 is 1.33 bits per heavy atom. The Morgan fingerprint density at radius 2 is 0.786 bits per heavy atom. The summed E-state index contributed by atoms with van der Waals surface area (Å²) in [6.07, 6.45) is 7.62. The average Bonchev–Trinajstić information content (AvgIpc) is 4.15. The van der Waals surface area contributed by atoms with Crippen LogP contribution < -0.4 is 0 Å². The van der Waals surface area contributed by atoms with Gasteiger partial charge in [0.25, 0.3) is 0 Å². The third-order valence-electron chi connectivity index (χ3n) is 14.7. The number of para-hydroxylation sites is 6. The van der Waals surface area contributed by atoms with Crippen LogP contribution in [0.1, 0.15) is 18.0 Å². The minimum Gasteiger partial charge on any atom is -0.313 e. The molecule has 1 atom stereocenters. The fourth-order valence-corrected chi connectivity index (χ4v) is 11.7. The van der Waals surface area contributed by atoms with Crippen LogP contribution >= 0.6 is 0 Å². The molecule has 0 bridgehead atoms. The van der Waals surface area contributed by atoms with E-state index in [-0.39, 0.29) is 5.92 Å². The second-order valence-corrected chi connectivity index (χ2v) is 18.5. The highest BCUT2D eigenvalue weighted by Crippen LogP contribution is 2.42. The van der Waals surface area contributed by atoms with Crippen LogP contribution in [0.2, 0.25) is 0 Å². The van der Waals surface area contributed by atoms with Gasteiger partial charge in [-0.15, -0.1) is 0 Å². The molecular formula is C64H42N6. The summed E-state index contributed by atoms with van der Waals surface area (Å²) in [6.45, 7) is 0. The topological polar surface area (TPSA) is 45.5 Å². The van der Waals surface area contributed by atoms with Crippen LogP contribution in [0.3, 0.4) is 0 Å². The molecule has 0 aliphatic heterocycles. The first kappa shape index (κ1) is 38.8. The molecule has 15 rings (SSSR count). The number of benzene rings is 8. The first-order valence-corrected chi connectivity index (χ1v) is 24.1. The fraction of sp³-hybridized carbons (Fsp3) is 0.0312. The number of hydrogen-bond donors (Lipinski definition) is 0. The molecule has 6 heterocycles. The van der Waals surface area contributed by atoms with E-state index in [1.165, 1.54) is 70.9 Å². The van der Waals surface area contributed by atoms with Crippen molar-refractivity contribution in [3.63, 3.8) is 0 Å². The lowest BCUT2D eigenvalue weighted by atomic mass is 9.94. The van der Waals surface area contributed by atoms with Gasteiger partial charge in [0.1, 0.15) is 11.6 Å². The zero-order valence-electron chi connectivity index (χ0n) is 38.0. The molecule has 0 N–H and O–H groups in total. The molecule has 0 radical (unpaired) electrons. The van der Waals surface area contributed by atoms with E-state index in [2.05, 4.69) is 255 Å². The molecule has 1 aliphatic carbocycles. The zero-order chi connectivity index (χ0) is 45.9. The number of allylic oxidation sites excluding steroid dienone is 4. The smallest absolute Gasteiger partial charge is 0.138 e. The SMILES string of the molecule is C1=CC(c2cccc(-n3c4ccccc4c4cc5c(cc43)c3ccccc3n5-c3cccc(-c4cccc(-n5c6ccccc6c6ccccc65)c4)n3)n2)CC(n2c3ccccc3c3ccccc32)=C1. The third-order valence-corrected chi connectivity index (χ3v) is 14.7. The van der Waals surface area contributed by atoms with Crippen LogP contribution in [-0.4, -0.2) is 28.2 Å². The molecule has 0 amide bonds. The van der Waals surface area contributed by atoms with Gasteiger partial charge in [-0.05, 0) is 97.4 Å². The molecule has 6 nitrogen and oxygen atoms in total. The summed E-state index contributed by atoms with van der Waals surface area (Å²) in [5.74, 6) is 1.89. The normalized spacial score (nSPS) is 14.1. The molecule has 8 aromatic carbocycles. The van der Waals surface area contributed by atoms with E-state index in [1.54, 1.807) is 0 Å². The summed E-state index contributed by atoms with van der Waals surface area (Å²) < 4.78 is 9.51. The average molecular weight is 895 g/mol. The van der Waals surface area contributed by atoms with Crippen molar-refractivity contribution >= 4 is 92.9 Å². The van der Waals surface area contributed by atoms with Crippen molar-refractivity contribution in [1.82, 2.24) is 28.2 Å². The van der Waals surface area contributed by atoms with Crippen molar-refractivity contribution in [2.24, 2.45) is 0 Å². The van der Waals surface area contributed by atoms with Crippen molar-refractivity contribution in [3.8, 4) is 28.6 Å². The van der Waals surface area contributed by atoms with E-state index < -0.39 is 0 Å². The number of aromatic nitrogens is 6. The highest BCUT2D eigenvalue weighted by Gasteiger charge is 2.23. The maximum Gasteiger partial charge on any atom is 0.138 e. The molecule has 0 spiro atoms. The predicted octanol–water partition coefficient (Wildman–Crippen LogP) is 16.1. The van der Waals surface area contributed by atoms with Crippen molar-refractivity contribution in [1.29, 1.82) is 0 Å². The molecule has 14 aromatic rings. The Bertz CT molecular complexity index is 4430. The Hall–Kier alpha value is -9.26. The summed E-state index contributed by atoms with van der Waals surface area (Å²) in [6, 6.07) is 78.7. The lowest BCUT2D eigenvalue weighted by molar-refractivity contribution is 0.798. The van der Waals surface area contributed by atoms with Gasteiger partial charge in [-0.3, -0.25) is 9.13 Å². The molecule has 328 valence electrons. The first-order valence-electron chi connectivity index (χ1n) is 24.1. The molecule has 70 heavy (non-hydrogen) atoms. The van der Waals surface area contributed by atoms with Gasteiger partial charge in [-0.2, -0.15) is 0 Å². The highest BCUT2D eigenvalue weighted by molar-refractivity contribution is 6.19. The van der Waals surface area contributed by atoms with Gasteiger partial charge in [0, 0.05) is 66.0 Å². The standard InChI is InChI=1S/C64H42N6/c1-7-29-55-45(21-1)46-22-2-8-30-56(46)67(55)43-19-13-17-41(37-43)53-27-15-35-63(65-53)69-59-33-11-5-25-49(59)51-40-62-52(39-61(51)69)50-26-6-12-34-60(50)70(62)64-36-16-28-54(66-64)42-18-14-20-44(38-42)68-57-31-9-3-23-47(57)48-24-4-10-32-58(48)68/h1-37,39-40,42H,38H2. The Morgan fingerprint density at radius 1 is 0.343 bits per heavy atom. The van der Waals surface area contributed by atoms with Crippen LogP contribution in [0.15, 0.2) is 237 Å². The molecule has 1 aliphatic rings. The lowest BCUT2D eigenvalue weighted by Gasteiger charge is -2.21. The second kappa shape index (κ2) is 15.1. The predicted molar refractivity (Wildman–Crippen MR) is 291 cm³/mol. The molecule has 0 fully saturated rings. The van der Waals surface area contributed by atoms with E-state index in [0.717, 1.165) is 62.8 Å².